The van der Waals surface area contributed by atoms with Gasteiger partial charge in [0.2, 0.25) is 5.91 Å². The quantitative estimate of drug-likeness (QED) is 0.740. The van der Waals surface area contributed by atoms with Crippen molar-refractivity contribution in [2.45, 2.75) is 20.3 Å². The van der Waals surface area contributed by atoms with Crippen LogP contribution in [0.25, 0.3) is 0 Å². The molecule has 1 aromatic heterocycles. The molecule has 0 aliphatic carbocycles. The zero-order chi connectivity index (χ0) is 18.0. The molecule has 3 rings (SSSR count). The third kappa shape index (κ3) is 3.69. The summed E-state index contributed by atoms with van der Waals surface area (Å²) in [6.45, 7) is 4.29. The standard InChI is InChI=1S/C20H18F2N2O/c1-20(2)12-19(25)24(18-5-3-4-10-23-18)13-15(20)7-6-14-11-16(21)8-9-17(14)22/h3-5,8-11,15H,12-13H2,1-2H3. The number of pyridine rings is 1. The average molecular weight is 340 g/mol. The first kappa shape index (κ1) is 17.1. The summed E-state index contributed by atoms with van der Waals surface area (Å²) in [5.41, 5.74) is -0.337. The topological polar surface area (TPSA) is 33.2 Å². The van der Waals surface area contributed by atoms with Gasteiger partial charge in [0.25, 0.3) is 0 Å². The second kappa shape index (κ2) is 6.64. The fourth-order valence-electron chi connectivity index (χ4n) is 2.87. The van der Waals surface area contributed by atoms with Crippen molar-refractivity contribution in [1.82, 2.24) is 4.98 Å². The molecule has 1 amide bonds. The number of hydrogen-bond donors (Lipinski definition) is 0. The van der Waals surface area contributed by atoms with Crippen molar-refractivity contribution in [3.8, 4) is 11.8 Å². The van der Waals surface area contributed by atoms with E-state index in [4.69, 9.17) is 0 Å². The Kier molecular flexibility index (Phi) is 4.54. The number of aromatic nitrogens is 1. The smallest absolute Gasteiger partial charge is 0.228 e. The Hall–Kier alpha value is -2.74. The minimum absolute atomic E-state index is 0.0151. The maximum Gasteiger partial charge on any atom is 0.228 e. The molecule has 3 nitrogen and oxygen atoms in total. The molecule has 1 aliphatic heterocycles. The fourth-order valence-corrected chi connectivity index (χ4v) is 2.87. The van der Waals surface area contributed by atoms with Crippen LogP contribution in [-0.4, -0.2) is 17.4 Å². The van der Waals surface area contributed by atoms with Gasteiger partial charge in [-0.25, -0.2) is 13.8 Å². The van der Waals surface area contributed by atoms with Gasteiger partial charge in [-0.1, -0.05) is 31.8 Å². The Balaban J connectivity index is 1.90. The van der Waals surface area contributed by atoms with Crippen molar-refractivity contribution >= 4 is 11.7 Å². The summed E-state index contributed by atoms with van der Waals surface area (Å²) in [6.07, 6.45) is 1.94. The molecule has 1 atom stereocenters. The monoisotopic (exact) mass is 340 g/mol. The van der Waals surface area contributed by atoms with Crippen LogP contribution < -0.4 is 4.90 Å². The Morgan fingerprint density at radius 2 is 2.04 bits per heavy atom. The minimum atomic E-state index is -0.555. The predicted octanol–water partition coefficient (Wildman–Crippen LogP) is 3.79. The number of piperidine rings is 1. The summed E-state index contributed by atoms with van der Waals surface area (Å²) in [4.78, 5) is 18.3. The number of benzene rings is 1. The van der Waals surface area contributed by atoms with Crippen LogP contribution in [0.3, 0.4) is 0 Å². The van der Waals surface area contributed by atoms with Gasteiger partial charge in [0.05, 0.1) is 5.56 Å². The lowest BCUT2D eigenvalue weighted by molar-refractivity contribution is -0.123. The van der Waals surface area contributed by atoms with E-state index in [-0.39, 0.29) is 22.8 Å². The van der Waals surface area contributed by atoms with Crippen molar-refractivity contribution in [3.63, 3.8) is 0 Å². The summed E-state index contributed by atoms with van der Waals surface area (Å²) in [6, 6.07) is 8.58. The number of rotatable bonds is 1. The van der Waals surface area contributed by atoms with E-state index in [1.807, 2.05) is 19.9 Å². The van der Waals surface area contributed by atoms with Crippen molar-refractivity contribution in [2.75, 3.05) is 11.4 Å². The lowest BCUT2D eigenvalue weighted by atomic mass is 9.73. The summed E-state index contributed by atoms with van der Waals surface area (Å²) >= 11 is 0. The SMILES string of the molecule is CC1(C)CC(=O)N(c2ccccn2)CC1C#Cc1cc(F)ccc1F. The van der Waals surface area contributed by atoms with E-state index in [0.717, 1.165) is 18.2 Å². The first-order valence-corrected chi connectivity index (χ1v) is 8.05. The van der Waals surface area contributed by atoms with Crippen molar-refractivity contribution in [2.24, 2.45) is 11.3 Å². The molecule has 0 bridgehead atoms. The Bertz CT molecular complexity index is 853. The lowest BCUT2D eigenvalue weighted by Gasteiger charge is -2.40. The molecule has 0 N–H and O–H groups in total. The molecule has 128 valence electrons. The zero-order valence-electron chi connectivity index (χ0n) is 14.1. The highest BCUT2D eigenvalue weighted by atomic mass is 19.1. The third-order valence-corrected chi connectivity index (χ3v) is 4.45. The van der Waals surface area contributed by atoms with Crippen LogP contribution in [-0.2, 0) is 4.79 Å². The first-order valence-electron chi connectivity index (χ1n) is 8.05. The Morgan fingerprint density at radius 1 is 1.24 bits per heavy atom. The van der Waals surface area contributed by atoms with Gasteiger partial charge < -0.3 is 0 Å². The fraction of sp³-hybridized carbons (Fsp3) is 0.300. The zero-order valence-corrected chi connectivity index (χ0v) is 14.1. The van der Waals surface area contributed by atoms with Crippen molar-refractivity contribution < 1.29 is 13.6 Å². The molecule has 1 fully saturated rings. The maximum atomic E-state index is 13.8. The van der Waals surface area contributed by atoms with E-state index in [0.29, 0.717) is 18.8 Å². The van der Waals surface area contributed by atoms with E-state index in [9.17, 15) is 13.6 Å². The highest BCUT2D eigenvalue weighted by molar-refractivity contribution is 5.93. The van der Waals surface area contributed by atoms with Crippen LogP contribution in [0, 0.1) is 34.8 Å². The number of hydrogen-bond acceptors (Lipinski definition) is 2. The summed E-state index contributed by atoms with van der Waals surface area (Å²) < 4.78 is 27.1. The number of carbonyl (C=O) groups excluding carboxylic acids is 1. The molecule has 5 heteroatoms. The lowest BCUT2D eigenvalue weighted by Crippen LogP contribution is -2.48. The van der Waals surface area contributed by atoms with Crippen LogP contribution in [0.5, 0.6) is 0 Å². The van der Waals surface area contributed by atoms with Crippen LogP contribution >= 0.6 is 0 Å². The van der Waals surface area contributed by atoms with Gasteiger partial charge in [0.15, 0.2) is 0 Å². The minimum Gasteiger partial charge on any atom is -0.296 e. The summed E-state index contributed by atoms with van der Waals surface area (Å²) in [7, 11) is 0. The molecule has 0 radical (unpaired) electrons. The number of anilines is 1. The van der Waals surface area contributed by atoms with Gasteiger partial charge in [-0.3, -0.25) is 9.69 Å². The number of carbonyl (C=O) groups is 1. The molecule has 0 saturated carbocycles. The molecule has 25 heavy (non-hydrogen) atoms. The van der Waals surface area contributed by atoms with Gasteiger partial charge in [0.1, 0.15) is 17.5 Å². The van der Waals surface area contributed by atoms with Crippen molar-refractivity contribution in [3.05, 3.63) is 59.8 Å². The molecular weight excluding hydrogens is 322 g/mol. The first-order chi connectivity index (χ1) is 11.9. The molecule has 2 aromatic rings. The number of amides is 1. The van der Waals surface area contributed by atoms with Crippen molar-refractivity contribution in [1.29, 1.82) is 0 Å². The average Bonchev–Trinajstić information content (AvgIpc) is 2.57. The second-order valence-corrected chi connectivity index (χ2v) is 6.80. The Labute approximate surface area is 145 Å². The normalized spacial score (nSPS) is 19.3. The third-order valence-electron chi connectivity index (χ3n) is 4.45. The van der Waals surface area contributed by atoms with Gasteiger partial charge in [0, 0.05) is 25.1 Å². The second-order valence-electron chi connectivity index (χ2n) is 6.80. The van der Waals surface area contributed by atoms with Gasteiger partial charge in [-0.15, -0.1) is 0 Å². The largest absolute Gasteiger partial charge is 0.296 e. The maximum absolute atomic E-state index is 13.8. The van der Waals surface area contributed by atoms with Crippen LogP contribution in [0.15, 0.2) is 42.6 Å². The van der Waals surface area contributed by atoms with Crippen LogP contribution in [0.2, 0.25) is 0 Å². The molecule has 1 aromatic carbocycles. The van der Waals surface area contributed by atoms with Gasteiger partial charge in [-0.05, 0) is 35.7 Å². The molecule has 0 spiro atoms. The molecule has 2 heterocycles. The summed E-state index contributed by atoms with van der Waals surface area (Å²) in [5, 5.41) is 0. The van der Waals surface area contributed by atoms with Crippen LogP contribution in [0.4, 0.5) is 14.6 Å². The molecule has 1 aliphatic rings. The predicted molar refractivity (Wildman–Crippen MR) is 91.7 cm³/mol. The van der Waals surface area contributed by atoms with E-state index < -0.39 is 11.6 Å². The van der Waals surface area contributed by atoms with E-state index in [1.54, 1.807) is 23.2 Å². The van der Waals surface area contributed by atoms with E-state index >= 15 is 0 Å². The van der Waals surface area contributed by atoms with Gasteiger partial charge in [-0.2, -0.15) is 0 Å². The molecule has 1 saturated heterocycles. The van der Waals surface area contributed by atoms with Gasteiger partial charge >= 0.3 is 0 Å². The number of halogens is 2. The molecular formula is C20H18F2N2O. The van der Waals surface area contributed by atoms with Crippen LogP contribution in [0.1, 0.15) is 25.8 Å². The van der Waals surface area contributed by atoms with E-state index in [2.05, 4.69) is 16.8 Å². The molecule has 1 unspecified atom stereocenters. The van der Waals surface area contributed by atoms with E-state index in [1.165, 1.54) is 0 Å². The Morgan fingerprint density at radius 3 is 2.76 bits per heavy atom. The highest BCUT2D eigenvalue weighted by Gasteiger charge is 2.40. The highest BCUT2D eigenvalue weighted by Crippen LogP contribution is 2.37. The number of nitrogens with zero attached hydrogens (tertiary/aromatic N) is 2. The summed E-state index contributed by atoms with van der Waals surface area (Å²) in [5.74, 6) is 5.07.